The van der Waals surface area contributed by atoms with Gasteiger partial charge in [-0.25, -0.2) is 0 Å². The molecule has 0 radical (unpaired) electrons. The molecule has 0 bridgehead atoms. The molecule has 0 fully saturated rings. The highest BCUT2D eigenvalue weighted by Gasteiger charge is 2.08. The van der Waals surface area contributed by atoms with Crippen LogP contribution in [-0.2, 0) is 0 Å². The normalized spacial score (nSPS) is 10.3. The summed E-state index contributed by atoms with van der Waals surface area (Å²) in [5.74, 6) is 0. The number of hydrogen-bond donors (Lipinski definition) is 0. The Hall–Kier alpha value is -1.89. The summed E-state index contributed by atoms with van der Waals surface area (Å²) in [6.07, 6.45) is 0.921. The molecule has 0 spiro atoms. The Labute approximate surface area is 102 Å². The van der Waals surface area contributed by atoms with Crippen LogP contribution in [0.25, 0.3) is 11.1 Å². The van der Waals surface area contributed by atoms with Gasteiger partial charge in [0.1, 0.15) is 0 Å². The van der Waals surface area contributed by atoms with Gasteiger partial charge in [-0.1, -0.05) is 36.4 Å². The third-order valence-corrected chi connectivity index (χ3v) is 3.44. The number of benzene rings is 2. The summed E-state index contributed by atoms with van der Waals surface area (Å²) in [5, 5.41) is 0. The zero-order valence-electron chi connectivity index (χ0n) is 10.4. The van der Waals surface area contributed by atoms with Crippen LogP contribution in [0.1, 0.15) is 27.0 Å². The highest BCUT2D eigenvalue weighted by molar-refractivity contribution is 5.88. The van der Waals surface area contributed by atoms with Crippen molar-refractivity contribution in [1.29, 1.82) is 0 Å². The molecule has 2 aromatic rings. The van der Waals surface area contributed by atoms with Crippen molar-refractivity contribution >= 4 is 6.29 Å². The van der Waals surface area contributed by atoms with Crippen molar-refractivity contribution in [3.63, 3.8) is 0 Å². The molecule has 0 saturated heterocycles. The number of rotatable bonds is 2. The van der Waals surface area contributed by atoms with Gasteiger partial charge in [-0.3, -0.25) is 4.79 Å². The van der Waals surface area contributed by atoms with Crippen molar-refractivity contribution in [2.24, 2.45) is 0 Å². The smallest absolute Gasteiger partial charge is 0.150 e. The summed E-state index contributed by atoms with van der Waals surface area (Å²) >= 11 is 0. The molecule has 1 nitrogen and oxygen atoms in total. The predicted octanol–water partition coefficient (Wildman–Crippen LogP) is 4.09. The lowest BCUT2D eigenvalue weighted by molar-refractivity contribution is 0.112. The molecule has 2 rings (SSSR count). The van der Waals surface area contributed by atoms with Crippen molar-refractivity contribution in [2.45, 2.75) is 20.8 Å². The number of hydrogen-bond acceptors (Lipinski definition) is 1. The highest BCUT2D eigenvalue weighted by atomic mass is 16.1. The van der Waals surface area contributed by atoms with Crippen LogP contribution < -0.4 is 0 Å². The second kappa shape index (κ2) is 4.54. The minimum absolute atomic E-state index is 0.749. The molecule has 0 aliphatic carbocycles. The van der Waals surface area contributed by atoms with Crippen molar-refractivity contribution < 1.29 is 4.79 Å². The molecular formula is C16H16O. The van der Waals surface area contributed by atoms with E-state index < -0.39 is 0 Å². The minimum atomic E-state index is 0.749. The SMILES string of the molecule is Cc1ccc(-c2ccccc2C=O)c(C)c1C. The van der Waals surface area contributed by atoms with E-state index in [1.54, 1.807) is 0 Å². The van der Waals surface area contributed by atoms with E-state index in [-0.39, 0.29) is 0 Å². The third kappa shape index (κ3) is 2.01. The van der Waals surface area contributed by atoms with E-state index in [9.17, 15) is 4.79 Å². The van der Waals surface area contributed by atoms with Crippen LogP contribution >= 0.6 is 0 Å². The molecule has 17 heavy (non-hydrogen) atoms. The molecule has 0 aromatic heterocycles. The lowest BCUT2D eigenvalue weighted by Gasteiger charge is -2.12. The molecule has 0 heterocycles. The largest absolute Gasteiger partial charge is 0.298 e. The number of carbonyl (C=O) groups is 1. The molecular weight excluding hydrogens is 208 g/mol. The first-order valence-corrected chi connectivity index (χ1v) is 5.76. The molecule has 0 aliphatic heterocycles. The van der Waals surface area contributed by atoms with E-state index in [4.69, 9.17) is 0 Å². The summed E-state index contributed by atoms with van der Waals surface area (Å²) in [7, 11) is 0. The Balaban J connectivity index is 2.69. The third-order valence-electron chi connectivity index (χ3n) is 3.44. The van der Waals surface area contributed by atoms with Crippen LogP contribution in [-0.4, -0.2) is 6.29 Å². The quantitative estimate of drug-likeness (QED) is 0.702. The van der Waals surface area contributed by atoms with Gasteiger partial charge in [-0.15, -0.1) is 0 Å². The summed E-state index contributed by atoms with van der Waals surface area (Å²) < 4.78 is 0. The van der Waals surface area contributed by atoms with Crippen LogP contribution in [0, 0.1) is 20.8 Å². The van der Waals surface area contributed by atoms with Gasteiger partial charge in [-0.2, -0.15) is 0 Å². The first-order valence-electron chi connectivity index (χ1n) is 5.76. The maximum atomic E-state index is 11.1. The number of aryl methyl sites for hydroxylation is 1. The zero-order chi connectivity index (χ0) is 12.4. The van der Waals surface area contributed by atoms with Crippen molar-refractivity contribution in [2.75, 3.05) is 0 Å². The Bertz CT molecular complexity index is 568. The highest BCUT2D eigenvalue weighted by Crippen LogP contribution is 2.29. The fourth-order valence-electron chi connectivity index (χ4n) is 2.09. The van der Waals surface area contributed by atoms with Crippen LogP contribution in [0.3, 0.4) is 0 Å². The average Bonchev–Trinajstić information content (AvgIpc) is 2.36. The van der Waals surface area contributed by atoms with Crippen molar-refractivity contribution in [3.8, 4) is 11.1 Å². The van der Waals surface area contributed by atoms with Gasteiger partial charge in [0.25, 0.3) is 0 Å². The van der Waals surface area contributed by atoms with Gasteiger partial charge in [0.15, 0.2) is 6.29 Å². The molecule has 0 N–H and O–H groups in total. The number of aldehydes is 1. The Morgan fingerprint density at radius 2 is 1.53 bits per heavy atom. The standard InChI is InChI=1S/C16H16O/c1-11-8-9-15(13(3)12(11)2)16-7-5-4-6-14(16)10-17/h4-10H,1-3H3. The van der Waals surface area contributed by atoms with E-state index in [1.807, 2.05) is 24.3 Å². The van der Waals surface area contributed by atoms with Crippen LogP contribution in [0.15, 0.2) is 36.4 Å². The zero-order valence-corrected chi connectivity index (χ0v) is 10.4. The van der Waals surface area contributed by atoms with Gasteiger partial charge >= 0.3 is 0 Å². The molecule has 0 aliphatic rings. The number of carbonyl (C=O) groups excluding carboxylic acids is 1. The van der Waals surface area contributed by atoms with Crippen molar-refractivity contribution in [3.05, 3.63) is 58.7 Å². The molecule has 2 aromatic carbocycles. The van der Waals surface area contributed by atoms with Gasteiger partial charge in [0.2, 0.25) is 0 Å². The van der Waals surface area contributed by atoms with Gasteiger partial charge < -0.3 is 0 Å². The van der Waals surface area contributed by atoms with E-state index in [0.29, 0.717) is 0 Å². The van der Waals surface area contributed by atoms with Gasteiger partial charge in [0.05, 0.1) is 0 Å². The lowest BCUT2D eigenvalue weighted by atomic mass is 9.92. The molecule has 0 atom stereocenters. The summed E-state index contributed by atoms with van der Waals surface area (Å²) in [4.78, 5) is 11.1. The Kier molecular flexibility index (Phi) is 3.10. The van der Waals surface area contributed by atoms with Crippen LogP contribution in [0.2, 0.25) is 0 Å². The summed E-state index contributed by atoms with van der Waals surface area (Å²) in [5.41, 5.74) is 6.75. The van der Waals surface area contributed by atoms with Gasteiger partial charge in [0, 0.05) is 5.56 Å². The van der Waals surface area contributed by atoms with Crippen molar-refractivity contribution in [1.82, 2.24) is 0 Å². The average molecular weight is 224 g/mol. The second-order valence-corrected chi connectivity index (χ2v) is 4.39. The molecule has 0 saturated carbocycles. The maximum absolute atomic E-state index is 11.1. The first-order chi connectivity index (χ1) is 8.15. The summed E-state index contributed by atoms with van der Waals surface area (Å²) in [6.45, 7) is 6.34. The van der Waals surface area contributed by atoms with E-state index in [2.05, 4.69) is 32.9 Å². The van der Waals surface area contributed by atoms with E-state index >= 15 is 0 Å². The van der Waals surface area contributed by atoms with Gasteiger partial charge in [-0.05, 0) is 48.6 Å². The molecule has 86 valence electrons. The monoisotopic (exact) mass is 224 g/mol. The molecule has 0 unspecified atom stereocenters. The maximum Gasteiger partial charge on any atom is 0.150 e. The van der Waals surface area contributed by atoms with Crippen LogP contribution in [0.4, 0.5) is 0 Å². The molecule has 1 heteroatoms. The second-order valence-electron chi connectivity index (χ2n) is 4.39. The summed E-state index contributed by atoms with van der Waals surface area (Å²) in [6, 6.07) is 11.9. The minimum Gasteiger partial charge on any atom is -0.298 e. The first kappa shape index (κ1) is 11.6. The van der Waals surface area contributed by atoms with E-state index in [1.165, 1.54) is 16.7 Å². The fraction of sp³-hybridized carbons (Fsp3) is 0.188. The Morgan fingerprint density at radius 3 is 2.24 bits per heavy atom. The predicted molar refractivity (Wildman–Crippen MR) is 71.5 cm³/mol. The molecule has 0 amide bonds. The Morgan fingerprint density at radius 1 is 0.824 bits per heavy atom. The topological polar surface area (TPSA) is 17.1 Å². The lowest BCUT2D eigenvalue weighted by Crippen LogP contribution is -1.93. The van der Waals surface area contributed by atoms with E-state index in [0.717, 1.165) is 23.0 Å². The fourth-order valence-corrected chi connectivity index (χ4v) is 2.09. The van der Waals surface area contributed by atoms with Crippen LogP contribution in [0.5, 0.6) is 0 Å².